The number of carbonyl (C=O) groups is 1. The molecule has 10 heteroatoms. The van der Waals surface area contributed by atoms with Crippen LogP contribution in [0.4, 0.5) is 24.5 Å². The second-order valence-electron chi connectivity index (χ2n) is 7.43. The number of nitro groups is 1. The fourth-order valence-electron chi connectivity index (χ4n) is 3.00. The van der Waals surface area contributed by atoms with Crippen molar-refractivity contribution < 1.29 is 27.6 Å². The zero-order chi connectivity index (χ0) is 23.4. The molecular formula is C21H22F3N3O4. The van der Waals surface area contributed by atoms with Crippen molar-refractivity contribution in [2.24, 2.45) is 4.99 Å². The molecule has 0 spiro atoms. The first kappa shape index (κ1) is 23.8. The number of carbonyl (C=O) groups excluding carboxylic acids is 1. The van der Waals surface area contributed by atoms with Crippen LogP contribution in [0.25, 0.3) is 0 Å². The number of hydrogen-bond acceptors (Lipinski definition) is 5. The average molecular weight is 437 g/mol. The molecule has 0 heterocycles. The molecule has 0 aromatic heterocycles. The first-order valence-corrected chi connectivity index (χ1v) is 9.19. The van der Waals surface area contributed by atoms with E-state index < -0.39 is 33.9 Å². The third kappa shape index (κ3) is 6.27. The Morgan fingerprint density at radius 2 is 1.74 bits per heavy atom. The maximum absolute atomic E-state index is 13.3. The fourth-order valence-corrected chi connectivity index (χ4v) is 3.00. The van der Waals surface area contributed by atoms with Crippen LogP contribution < -0.4 is 0 Å². The van der Waals surface area contributed by atoms with Crippen molar-refractivity contribution in [3.8, 4) is 0 Å². The minimum absolute atomic E-state index is 0.0146. The first-order valence-electron chi connectivity index (χ1n) is 9.19. The number of rotatable bonds is 6. The van der Waals surface area contributed by atoms with Crippen molar-refractivity contribution in [1.82, 2.24) is 4.90 Å². The van der Waals surface area contributed by atoms with Crippen LogP contribution in [0.3, 0.4) is 0 Å². The zero-order valence-corrected chi connectivity index (χ0v) is 17.4. The van der Waals surface area contributed by atoms with Crippen molar-refractivity contribution >= 4 is 23.2 Å². The SMILES string of the molecule is CN(C)C(=Nc1ccc([N+](=O)[O-])c(C(F)(F)F)c1)C(C)(C)OC(=O)Cc1ccccc1. The largest absolute Gasteiger partial charge is 0.451 e. The molecule has 0 aliphatic heterocycles. The van der Waals surface area contributed by atoms with Crippen molar-refractivity contribution in [2.45, 2.75) is 32.0 Å². The summed E-state index contributed by atoms with van der Waals surface area (Å²) in [7, 11) is 3.20. The molecule has 2 aromatic rings. The topological polar surface area (TPSA) is 85.0 Å². The summed E-state index contributed by atoms with van der Waals surface area (Å²) in [4.78, 5) is 28.0. The number of ether oxygens (including phenoxy) is 1. The second-order valence-corrected chi connectivity index (χ2v) is 7.43. The summed E-state index contributed by atoms with van der Waals surface area (Å²) in [5, 5.41) is 10.9. The number of halogens is 3. The molecule has 0 N–H and O–H groups in total. The van der Waals surface area contributed by atoms with E-state index in [4.69, 9.17) is 4.74 Å². The minimum atomic E-state index is -4.93. The van der Waals surface area contributed by atoms with E-state index in [1.165, 1.54) is 4.90 Å². The van der Waals surface area contributed by atoms with Crippen LogP contribution >= 0.6 is 0 Å². The molecule has 2 rings (SSSR count). The second kappa shape index (κ2) is 9.15. The van der Waals surface area contributed by atoms with Gasteiger partial charge in [0, 0.05) is 20.2 Å². The zero-order valence-electron chi connectivity index (χ0n) is 17.4. The highest BCUT2D eigenvalue weighted by molar-refractivity contribution is 5.93. The number of amidine groups is 1. The molecule has 0 aliphatic carbocycles. The van der Waals surface area contributed by atoms with Gasteiger partial charge in [-0.3, -0.25) is 14.9 Å². The number of nitro benzene ring substituents is 1. The van der Waals surface area contributed by atoms with Crippen LogP contribution in [0.5, 0.6) is 0 Å². The summed E-state index contributed by atoms with van der Waals surface area (Å²) < 4.78 is 45.4. The van der Waals surface area contributed by atoms with Gasteiger partial charge in [0.1, 0.15) is 11.4 Å². The van der Waals surface area contributed by atoms with Crippen LogP contribution in [-0.2, 0) is 22.1 Å². The molecule has 31 heavy (non-hydrogen) atoms. The lowest BCUT2D eigenvalue weighted by molar-refractivity contribution is -0.388. The number of hydrogen-bond donors (Lipinski definition) is 0. The number of likely N-dealkylation sites (N-methyl/N-ethyl adjacent to an activating group) is 1. The lowest BCUT2D eigenvalue weighted by atomic mass is 10.1. The molecule has 0 bridgehead atoms. The molecule has 7 nitrogen and oxygen atoms in total. The maximum Gasteiger partial charge on any atom is 0.423 e. The van der Waals surface area contributed by atoms with Crippen molar-refractivity contribution in [3.05, 3.63) is 69.8 Å². The van der Waals surface area contributed by atoms with Crippen molar-refractivity contribution in [3.63, 3.8) is 0 Å². The van der Waals surface area contributed by atoms with Crippen LogP contribution in [0.1, 0.15) is 25.0 Å². The Morgan fingerprint density at radius 3 is 2.26 bits per heavy atom. The molecule has 0 radical (unpaired) electrons. The van der Waals surface area contributed by atoms with Gasteiger partial charge in [-0.05, 0) is 31.5 Å². The number of alkyl halides is 3. The maximum atomic E-state index is 13.3. The molecule has 166 valence electrons. The molecule has 0 atom stereocenters. The van der Waals surface area contributed by atoms with Gasteiger partial charge in [0.25, 0.3) is 5.69 Å². The summed E-state index contributed by atoms with van der Waals surface area (Å²) in [6.45, 7) is 3.12. The van der Waals surface area contributed by atoms with Crippen LogP contribution in [0.2, 0.25) is 0 Å². The van der Waals surface area contributed by atoms with Gasteiger partial charge < -0.3 is 9.64 Å². The van der Waals surface area contributed by atoms with Gasteiger partial charge in [-0.15, -0.1) is 0 Å². The third-order valence-electron chi connectivity index (χ3n) is 4.24. The highest BCUT2D eigenvalue weighted by Gasteiger charge is 2.39. The molecule has 2 aromatic carbocycles. The summed E-state index contributed by atoms with van der Waals surface area (Å²) in [6.07, 6.45) is -4.91. The van der Waals surface area contributed by atoms with E-state index in [-0.39, 0.29) is 17.9 Å². The van der Waals surface area contributed by atoms with Crippen molar-refractivity contribution in [1.29, 1.82) is 0 Å². The van der Waals surface area contributed by atoms with E-state index in [2.05, 4.69) is 4.99 Å². The Kier molecular flexibility index (Phi) is 7.04. The molecule has 0 saturated carbocycles. The first-order chi connectivity index (χ1) is 14.3. The Bertz CT molecular complexity index is 987. The van der Waals surface area contributed by atoms with Gasteiger partial charge in [0.05, 0.1) is 17.0 Å². The highest BCUT2D eigenvalue weighted by atomic mass is 19.4. The van der Waals surface area contributed by atoms with E-state index in [1.807, 2.05) is 6.07 Å². The summed E-state index contributed by atoms with van der Waals surface area (Å²) in [5.74, 6) is -0.374. The van der Waals surface area contributed by atoms with E-state index in [0.717, 1.165) is 17.7 Å². The summed E-state index contributed by atoms with van der Waals surface area (Å²) in [6, 6.07) is 11.4. The number of aliphatic imine (C=N–C) groups is 1. The number of benzene rings is 2. The van der Waals surface area contributed by atoms with Gasteiger partial charge in [0.15, 0.2) is 5.60 Å². The molecule has 0 fully saturated rings. The number of esters is 1. The van der Waals surface area contributed by atoms with Gasteiger partial charge in [-0.25, -0.2) is 4.99 Å². The molecular weight excluding hydrogens is 415 g/mol. The van der Waals surface area contributed by atoms with Crippen molar-refractivity contribution in [2.75, 3.05) is 14.1 Å². The van der Waals surface area contributed by atoms with Crippen LogP contribution in [-0.4, -0.2) is 41.3 Å². The predicted molar refractivity (Wildman–Crippen MR) is 109 cm³/mol. The Hall–Kier alpha value is -3.43. The fraction of sp³-hybridized carbons (Fsp3) is 0.333. The molecule has 0 aliphatic rings. The average Bonchev–Trinajstić information content (AvgIpc) is 2.65. The molecule has 0 amide bonds. The minimum Gasteiger partial charge on any atom is -0.451 e. The van der Waals surface area contributed by atoms with Gasteiger partial charge in [-0.2, -0.15) is 13.2 Å². The quantitative estimate of drug-likeness (QED) is 0.214. The standard InChI is InChI=1S/C21H22F3N3O4/c1-20(2,31-18(28)12-14-8-6-5-7-9-14)19(26(3)4)25-15-10-11-17(27(29)30)16(13-15)21(22,23)24/h5-11,13H,12H2,1-4H3. The lowest BCUT2D eigenvalue weighted by Crippen LogP contribution is -2.45. The van der Waals surface area contributed by atoms with Crippen LogP contribution in [0.15, 0.2) is 53.5 Å². The normalized spacial score (nSPS) is 12.4. The Morgan fingerprint density at radius 1 is 1.13 bits per heavy atom. The van der Waals surface area contributed by atoms with Gasteiger partial charge in [-0.1, -0.05) is 30.3 Å². The summed E-state index contributed by atoms with van der Waals surface area (Å²) in [5.41, 5.74) is -3.16. The number of nitrogens with zero attached hydrogens (tertiary/aromatic N) is 3. The van der Waals surface area contributed by atoms with Gasteiger partial charge in [0.2, 0.25) is 0 Å². The Balaban J connectivity index is 2.37. The van der Waals surface area contributed by atoms with Gasteiger partial charge >= 0.3 is 12.1 Å². The Labute approximate surface area is 177 Å². The van der Waals surface area contributed by atoms with Crippen LogP contribution in [0, 0.1) is 10.1 Å². The third-order valence-corrected chi connectivity index (χ3v) is 4.24. The monoisotopic (exact) mass is 437 g/mol. The van der Waals surface area contributed by atoms with E-state index >= 15 is 0 Å². The van der Waals surface area contributed by atoms with E-state index in [0.29, 0.717) is 6.07 Å². The lowest BCUT2D eigenvalue weighted by Gasteiger charge is -2.31. The summed E-state index contributed by atoms with van der Waals surface area (Å²) >= 11 is 0. The predicted octanol–water partition coefficient (Wildman–Crippen LogP) is 4.77. The molecule has 0 unspecified atom stereocenters. The smallest absolute Gasteiger partial charge is 0.423 e. The van der Waals surface area contributed by atoms with E-state index in [1.54, 1.807) is 52.2 Å². The molecule has 0 saturated heterocycles. The van der Waals surface area contributed by atoms with E-state index in [9.17, 15) is 28.1 Å². The highest BCUT2D eigenvalue weighted by Crippen LogP contribution is 2.38.